The minimum Gasteiger partial charge on any atom is -0.391 e. The van der Waals surface area contributed by atoms with Crippen LogP contribution in [0.25, 0.3) is 0 Å². The zero-order chi connectivity index (χ0) is 22.9. The summed E-state index contributed by atoms with van der Waals surface area (Å²) in [7, 11) is 1.55. The minimum absolute atomic E-state index is 0.157. The third kappa shape index (κ3) is 5.10. The zero-order valence-corrected chi connectivity index (χ0v) is 19.8. The van der Waals surface area contributed by atoms with E-state index in [9.17, 15) is 14.7 Å². The van der Waals surface area contributed by atoms with Crippen molar-refractivity contribution in [1.29, 1.82) is 0 Å². The van der Waals surface area contributed by atoms with Crippen LogP contribution in [-0.4, -0.2) is 62.6 Å². The van der Waals surface area contributed by atoms with Crippen molar-refractivity contribution in [3.05, 3.63) is 11.9 Å². The number of aromatic nitrogens is 3. The van der Waals surface area contributed by atoms with E-state index in [2.05, 4.69) is 29.5 Å². The molecule has 1 saturated carbocycles. The van der Waals surface area contributed by atoms with E-state index in [0.29, 0.717) is 11.8 Å². The molecule has 174 valence electrons. The van der Waals surface area contributed by atoms with Gasteiger partial charge in [0.05, 0.1) is 11.8 Å². The lowest BCUT2D eigenvalue weighted by Gasteiger charge is -2.34. The highest BCUT2D eigenvalue weighted by atomic mass is 16.3. The van der Waals surface area contributed by atoms with E-state index in [-0.39, 0.29) is 24.8 Å². The summed E-state index contributed by atoms with van der Waals surface area (Å²) in [5, 5.41) is 21.6. The van der Waals surface area contributed by atoms with Crippen LogP contribution >= 0.6 is 0 Å². The maximum atomic E-state index is 13.6. The highest BCUT2D eigenvalue weighted by molar-refractivity contribution is 5.90. The Labute approximate surface area is 185 Å². The Morgan fingerprint density at radius 3 is 2.39 bits per heavy atom. The Kier molecular flexibility index (Phi) is 7.08. The van der Waals surface area contributed by atoms with Gasteiger partial charge in [-0.05, 0) is 42.9 Å². The molecule has 2 heterocycles. The van der Waals surface area contributed by atoms with Crippen LogP contribution in [0.2, 0.25) is 0 Å². The SMILES string of the molecule is CNC(=O)[C@H]1C[C@H](O)CN1C(=O)[C@@H](n1cc(C2CCC(C(C)C)CC2)nn1)C(C)(C)C. The van der Waals surface area contributed by atoms with Crippen molar-refractivity contribution >= 4 is 11.8 Å². The van der Waals surface area contributed by atoms with Crippen molar-refractivity contribution in [2.24, 2.45) is 17.3 Å². The van der Waals surface area contributed by atoms with Crippen LogP contribution in [0.15, 0.2) is 6.20 Å². The van der Waals surface area contributed by atoms with Crippen molar-refractivity contribution in [3.8, 4) is 0 Å². The summed E-state index contributed by atoms with van der Waals surface area (Å²) < 4.78 is 1.68. The van der Waals surface area contributed by atoms with Crippen molar-refractivity contribution in [1.82, 2.24) is 25.2 Å². The number of likely N-dealkylation sites (N-methyl/N-ethyl adjacent to an activating group) is 1. The fraction of sp³-hybridized carbons (Fsp3) is 0.826. The molecule has 1 aromatic heterocycles. The number of nitrogens with zero attached hydrogens (tertiary/aromatic N) is 4. The van der Waals surface area contributed by atoms with Gasteiger partial charge in [0.25, 0.3) is 0 Å². The Bertz CT molecular complexity index is 776. The number of carbonyl (C=O) groups excluding carboxylic acids is 2. The maximum absolute atomic E-state index is 13.6. The van der Waals surface area contributed by atoms with Gasteiger partial charge in [-0.2, -0.15) is 0 Å². The molecule has 2 aliphatic rings. The summed E-state index contributed by atoms with van der Waals surface area (Å²) in [6.07, 6.45) is 6.10. The summed E-state index contributed by atoms with van der Waals surface area (Å²) in [4.78, 5) is 27.4. The van der Waals surface area contributed by atoms with Crippen molar-refractivity contribution in [2.45, 2.75) is 90.8 Å². The molecule has 0 unspecified atom stereocenters. The van der Waals surface area contributed by atoms with Gasteiger partial charge >= 0.3 is 0 Å². The highest BCUT2D eigenvalue weighted by Crippen LogP contribution is 2.39. The average molecular weight is 434 g/mol. The molecule has 0 radical (unpaired) electrons. The number of aliphatic hydroxyl groups excluding tert-OH is 1. The molecule has 31 heavy (non-hydrogen) atoms. The second-order valence-corrected chi connectivity index (χ2v) is 10.8. The van der Waals surface area contributed by atoms with Gasteiger partial charge in [-0.3, -0.25) is 9.59 Å². The Hall–Kier alpha value is -1.96. The highest BCUT2D eigenvalue weighted by Gasteiger charge is 2.45. The van der Waals surface area contributed by atoms with E-state index in [1.165, 1.54) is 17.7 Å². The predicted molar refractivity (Wildman–Crippen MR) is 118 cm³/mol. The van der Waals surface area contributed by atoms with Gasteiger partial charge in [0.2, 0.25) is 11.8 Å². The summed E-state index contributed by atoms with van der Waals surface area (Å²) >= 11 is 0. The monoisotopic (exact) mass is 433 g/mol. The molecule has 1 aliphatic carbocycles. The van der Waals surface area contributed by atoms with Gasteiger partial charge in [-0.25, -0.2) is 4.68 Å². The Balaban J connectivity index is 1.81. The van der Waals surface area contributed by atoms with Crippen LogP contribution in [0, 0.1) is 17.3 Å². The number of aliphatic hydroxyl groups is 1. The number of rotatable bonds is 5. The summed E-state index contributed by atoms with van der Waals surface area (Å²) in [6, 6.07) is -1.26. The standard InChI is InChI=1S/C23H39N5O3/c1-14(2)15-7-9-16(10-8-15)18-13-28(26-25-18)20(23(3,4)5)22(31)27-12-17(29)11-19(27)21(30)24-6/h13-17,19-20,29H,7-12H2,1-6H3,(H,24,30)/t15?,16?,17-,19+,20+/m0/s1. The lowest BCUT2D eigenvalue weighted by Crippen LogP contribution is -2.49. The molecule has 2 fully saturated rings. The topological polar surface area (TPSA) is 100 Å². The molecule has 3 atom stereocenters. The molecular weight excluding hydrogens is 394 g/mol. The van der Waals surface area contributed by atoms with Crippen molar-refractivity contribution in [2.75, 3.05) is 13.6 Å². The zero-order valence-electron chi connectivity index (χ0n) is 19.8. The normalized spacial score (nSPS) is 28.1. The predicted octanol–water partition coefficient (Wildman–Crippen LogP) is 2.50. The smallest absolute Gasteiger partial charge is 0.248 e. The molecule has 1 saturated heterocycles. The second kappa shape index (κ2) is 9.27. The van der Waals surface area contributed by atoms with Crippen LogP contribution in [0.4, 0.5) is 0 Å². The van der Waals surface area contributed by atoms with Crippen molar-refractivity contribution < 1.29 is 14.7 Å². The third-order valence-corrected chi connectivity index (χ3v) is 7.09. The molecular formula is C23H39N5O3. The number of amides is 2. The minimum atomic E-state index is -0.700. The van der Waals surface area contributed by atoms with Crippen LogP contribution in [0.5, 0.6) is 0 Å². The lowest BCUT2D eigenvalue weighted by atomic mass is 9.76. The van der Waals surface area contributed by atoms with Crippen LogP contribution < -0.4 is 5.32 Å². The average Bonchev–Trinajstić information content (AvgIpc) is 3.33. The fourth-order valence-electron chi connectivity index (χ4n) is 5.20. The third-order valence-electron chi connectivity index (χ3n) is 7.09. The molecule has 0 aromatic carbocycles. The summed E-state index contributed by atoms with van der Waals surface area (Å²) in [6.45, 7) is 10.7. The Morgan fingerprint density at radius 2 is 1.84 bits per heavy atom. The number of carbonyl (C=O) groups is 2. The molecule has 1 aromatic rings. The molecule has 2 N–H and O–H groups in total. The van der Waals surface area contributed by atoms with Crippen molar-refractivity contribution in [3.63, 3.8) is 0 Å². The number of likely N-dealkylation sites (tertiary alicyclic amines) is 1. The maximum Gasteiger partial charge on any atom is 0.248 e. The molecule has 0 spiro atoms. The van der Waals surface area contributed by atoms with E-state index in [1.54, 1.807) is 11.7 Å². The van der Waals surface area contributed by atoms with Gasteiger partial charge < -0.3 is 15.3 Å². The number of nitrogens with one attached hydrogen (secondary N) is 1. The van der Waals surface area contributed by atoms with Gasteiger partial charge in [0.15, 0.2) is 0 Å². The fourth-order valence-corrected chi connectivity index (χ4v) is 5.20. The molecule has 2 amide bonds. The first kappa shape index (κ1) is 23.7. The first-order chi connectivity index (χ1) is 14.5. The van der Waals surface area contributed by atoms with E-state index in [4.69, 9.17) is 0 Å². The van der Waals surface area contributed by atoms with E-state index >= 15 is 0 Å². The number of hydrogen-bond donors (Lipinski definition) is 2. The van der Waals surface area contributed by atoms with Gasteiger partial charge in [0, 0.05) is 32.1 Å². The Morgan fingerprint density at radius 1 is 1.19 bits per heavy atom. The molecule has 3 rings (SSSR count). The molecule has 8 nitrogen and oxygen atoms in total. The first-order valence-electron chi connectivity index (χ1n) is 11.6. The van der Waals surface area contributed by atoms with E-state index in [0.717, 1.165) is 24.5 Å². The largest absolute Gasteiger partial charge is 0.391 e. The summed E-state index contributed by atoms with van der Waals surface area (Å²) in [5.74, 6) is 1.42. The first-order valence-corrected chi connectivity index (χ1v) is 11.6. The van der Waals surface area contributed by atoms with Gasteiger partial charge in [-0.15, -0.1) is 5.10 Å². The van der Waals surface area contributed by atoms with E-state index in [1.807, 2.05) is 27.0 Å². The summed E-state index contributed by atoms with van der Waals surface area (Å²) in [5.41, 5.74) is 0.520. The van der Waals surface area contributed by atoms with Crippen LogP contribution in [0.3, 0.4) is 0 Å². The van der Waals surface area contributed by atoms with Gasteiger partial charge in [0.1, 0.15) is 12.1 Å². The quantitative estimate of drug-likeness (QED) is 0.743. The molecule has 8 heteroatoms. The number of hydrogen-bond acceptors (Lipinski definition) is 5. The molecule has 1 aliphatic heterocycles. The second-order valence-electron chi connectivity index (χ2n) is 10.8. The van der Waals surface area contributed by atoms with Crippen LogP contribution in [-0.2, 0) is 9.59 Å². The molecule has 0 bridgehead atoms. The van der Waals surface area contributed by atoms with Gasteiger partial charge in [-0.1, -0.05) is 39.8 Å². The van der Waals surface area contributed by atoms with Crippen LogP contribution in [0.1, 0.15) is 84.4 Å². The van der Waals surface area contributed by atoms with E-state index < -0.39 is 23.6 Å². The number of β-amino-alcohol motifs (C(OH)–C–C–N with tert-alkyl or cyclic N) is 1. The lowest BCUT2D eigenvalue weighted by molar-refractivity contribution is -0.144.